The number of nitrogens with zero attached hydrogens (tertiary/aromatic N) is 1. The van der Waals surface area contributed by atoms with Crippen molar-refractivity contribution in [1.82, 2.24) is 10.2 Å². The molecule has 0 saturated carbocycles. The van der Waals surface area contributed by atoms with Crippen molar-refractivity contribution in [3.63, 3.8) is 0 Å². The quantitative estimate of drug-likeness (QED) is 0.806. The van der Waals surface area contributed by atoms with E-state index in [4.69, 9.17) is 5.11 Å². The van der Waals surface area contributed by atoms with Gasteiger partial charge in [0.15, 0.2) is 0 Å². The summed E-state index contributed by atoms with van der Waals surface area (Å²) in [5, 5.41) is 15.5. The van der Waals surface area contributed by atoms with Crippen LogP contribution in [0.4, 0.5) is 4.79 Å². The summed E-state index contributed by atoms with van der Waals surface area (Å²) in [4.78, 5) is 23.7. The molecule has 19 heavy (non-hydrogen) atoms. The number of carboxylic acid groups (broad SMARTS) is 1. The van der Waals surface area contributed by atoms with Crippen LogP contribution in [0.15, 0.2) is 16.8 Å². The Bertz CT molecular complexity index is 406. The molecule has 0 saturated heterocycles. The van der Waals surface area contributed by atoms with Gasteiger partial charge in [0.2, 0.25) is 0 Å². The van der Waals surface area contributed by atoms with Crippen LogP contribution >= 0.6 is 11.3 Å². The second kappa shape index (κ2) is 7.78. The van der Waals surface area contributed by atoms with Gasteiger partial charge in [0.25, 0.3) is 0 Å². The van der Waals surface area contributed by atoms with Crippen molar-refractivity contribution in [2.75, 3.05) is 13.6 Å². The first-order valence-electron chi connectivity index (χ1n) is 6.23. The van der Waals surface area contributed by atoms with E-state index < -0.39 is 5.97 Å². The lowest BCUT2D eigenvalue weighted by atomic mass is 10.1. The molecular formula is C13H20N2O3S. The minimum Gasteiger partial charge on any atom is -0.481 e. The summed E-state index contributed by atoms with van der Waals surface area (Å²) < 4.78 is 0. The smallest absolute Gasteiger partial charge is 0.317 e. The Morgan fingerprint density at radius 1 is 1.53 bits per heavy atom. The van der Waals surface area contributed by atoms with Gasteiger partial charge in [-0.15, -0.1) is 0 Å². The van der Waals surface area contributed by atoms with Crippen LogP contribution in [0.2, 0.25) is 0 Å². The highest BCUT2D eigenvalue weighted by atomic mass is 32.1. The van der Waals surface area contributed by atoms with Crippen LogP contribution in [0.3, 0.4) is 0 Å². The van der Waals surface area contributed by atoms with Crippen LogP contribution in [0.1, 0.15) is 25.3 Å². The molecule has 0 aromatic carbocycles. The highest BCUT2D eigenvalue weighted by Gasteiger charge is 2.12. The van der Waals surface area contributed by atoms with Gasteiger partial charge in [-0.3, -0.25) is 4.79 Å². The molecule has 1 atom stereocenters. The van der Waals surface area contributed by atoms with E-state index in [1.165, 1.54) is 10.5 Å². The summed E-state index contributed by atoms with van der Waals surface area (Å²) in [7, 11) is 1.68. The monoisotopic (exact) mass is 284 g/mol. The number of carbonyl (C=O) groups excluding carboxylic acids is 1. The third-order valence-corrected chi connectivity index (χ3v) is 3.45. The maximum absolute atomic E-state index is 11.8. The van der Waals surface area contributed by atoms with E-state index in [0.29, 0.717) is 13.0 Å². The summed E-state index contributed by atoms with van der Waals surface area (Å²) in [6.07, 6.45) is 1.36. The molecule has 1 heterocycles. The largest absolute Gasteiger partial charge is 0.481 e. The third kappa shape index (κ3) is 6.24. The molecule has 0 bridgehead atoms. The second-order valence-corrected chi connectivity index (χ2v) is 5.39. The summed E-state index contributed by atoms with van der Waals surface area (Å²) in [5.41, 5.74) is 1.21. The van der Waals surface area contributed by atoms with Crippen molar-refractivity contribution in [3.05, 3.63) is 22.4 Å². The van der Waals surface area contributed by atoms with Crippen molar-refractivity contribution in [2.45, 2.75) is 32.2 Å². The van der Waals surface area contributed by atoms with E-state index in [2.05, 4.69) is 10.7 Å². The number of hydrogen-bond donors (Lipinski definition) is 2. The molecule has 6 heteroatoms. The third-order valence-electron chi connectivity index (χ3n) is 2.72. The minimum absolute atomic E-state index is 0.0593. The first kappa shape index (κ1) is 15.5. The van der Waals surface area contributed by atoms with Gasteiger partial charge in [-0.25, -0.2) is 4.79 Å². The molecule has 0 aliphatic carbocycles. The van der Waals surface area contributed by atoms with Crippen LogP contribution in [0, 0.1) is 0 Å². The number of nitrogens with one attached hydrogen (secondary N) is 1. The highest BCUT2D eigenvalue weighted by molar-refractivity contribution is 7.07. The van der Waals surface area contributed by atoms with E-state index in [1.807, 2.05) is 18.4 Å². The van der Waals surface area contributed by atoms with E-state index in [1.54, 1.807) is 18.4 Å². The lowest BCUT2D eigenvalue weighted by Gasteiger charge is -2.21. The molecule has 1 aromatic rings. The van der Waals surface area contributed by atoms with Gasteiger partial charge in [0.1, 0.15) is 0 Å². The van der Waals surface area contributed by atoms with Gasteiger partial charge >= 0.3 is 12.0 Å². The Morgan fingerprint density at radius 3 is 2.84 bits per heavy atom. The average molecular weight is 284 g/mol. The number of thiophene rings is 1. The number of carbonyl (C=O) groups is 2. The van der Waals surface area contributed by atoms with Crippen molar-refractivity contribution in [3.8, 4) is 0 Å². The Labute approximate surface area is 117 Å². The molecule has 1 unspecified atom stereocenters. The molecule has 0 spiro atoms. The standard InChI is InChI=1S/C13H20N2O3S/c1-10(8-11-5-7-19-9-11)14-13(18)15(2)6-3-4-12(16)17/h5,7,9-10H,3-4,6,8H2,1-2H3,(H,14,18)(H,16,17). The fraction of sp³-hybridized carbons (Fsp3) is 0.538. The minimum atomic E-state index is -0.834. The van der Waals surface area contributed by atoms with E-state index >= 15 is 0 Å². The predicted octanol–water partition coefficient (Wildman–Crippen LogP) is 2.19. The molecule has 5 nitrogen and oxygen atoms in total. The number of rotatable bonds is 7. The SMILES string of the molecule is CC(Cc1ccsc1)NC(=O)N(C)CCCC(=O)O. The van der Waals surface area contributed by atoms with Crippen LogP contribution in [0.5, 0.6) is 0 Å². The van der Waals surface area contributed by atoms with Crippen LogP contribution in [0.25, 0.3) is 0 Å². The Morgan fingerprint density at radius 2 is 2.26 bits per heavy atom. The lowest BCUT2D eigenvalue weighted by molar-refractivity contribution is -0.137. The fourth-order valence-electron chi connectivity index (χ4n) is 1.70. The van der Waals surface area contributed by atoms with Crippen molar-refractivity contribution < 1.29 is 14.7 Å². The number of carboxylic acids is 1. The molecule has 0 aliphatic heterocycles. The van der Waals surface area contributed by atoms with E-state index in [-0.39, 0.29) is 18.5 Å². The van der Waals surface area contributed by atoms with Gasteiger partial charge in [-0.2, -0.15) is 11.3 Å². The number of hydrogen-bond acceptors (Lipinski definition) is 3. The number of aliphatic carboxylic acids is 1. The molecule has 1 aromatic heterocycles. The summed E-state index contributed by atoms with van der Waals surface area (Å²) in [5.74, 6) is -0.834. The zero-order valence-corrected chi connectivity index (χ0v) is 12.1. The Hall–Kier alpha value is -1.56. The molecule has 1 rings (SSSR count). The predicted molar refractivity (Wildman–Crippen MR) is 75.5 cm³/mol. The first-order valence-corrected chi connectivity index (χ1v) is 7.18. The van der Waals surface area contributed by atoms with E-state index in [9.17, 15) is 9.59 Å². The van der Waals surface area contributed by atoms with Crippen molar-refractivity contribution in [2.24, 2.45) is 0 Å². The summed E-state index contributed by atoms with van der Waals surface area (Å²) >= 11 is 1.64. The Balaban J connectivity index is 2.26. The van der Waals surface area contributed by atoms with Crippen molar-refractivity contribution >= 4 is 23.3 Å². The lowest BCUT2D eigenvalue weighted by Crippen LogP contribution is -2.43. The summed E-state index contributed by atoms with van der Waals surface area (Å²) in [6.45, 7) is 2.41. The van der Waals surface area contributed by atoms with Gasteiger partial charge in [0.05, 0.1) is 0 Å². The maximum Gasteiger partial charge on any atom is 0.317 e. The molecule has 0 aliphatic rings. The van der Waals surface area contributed by atoms with Gasteiger partial charge < -0.3 is 15.3 Å². The van der Waals surface area contributed by atoms with Crippen LogP contribution in [-0.2, 0) is 11.2 Å². The van der Waals surface area contributed by atoms with Crippen LogP contribution in [-0.4, -0.2) is 41.6 Å². The zero-order valence-electron chi connectivity index (χ0n) is 11.3. The second-order valence-electron chi connectivity index (χ2n) is 4.61. The zero-order chi connectivity index (χ0) is 14.3. The summed E-state index contributed by atoms with van der Waals surface area (Å²) in [6, 6.07) is 1.95. The molecule has 2 amide bonds. The van der Waals surface area contributed by atoms with E-state index in [0.717, 1.165) is 6.42 Å². The average Bonchev–Trinajstić information content (AvgIpc) is 2.80. The molecular weight excluding hydrogens is 264 g/mol. The highest BCUT2D eigenvalue weighted by Crippen LogP contribution is 2.08. The normalized spacial score (nSPS) is 11.9. The Kier molecular flexibility index (Phi) is 6.35. The number of urea groups is 1. The van der Waals surface area contributed by atoms with Gasteiger partial charge in [-0.1, -0.05) is 0 Å². The van der Waals surface area contributed by atoms with Crippen molar-refractivity contribution in [1.29, 1.82) is 0 Å². The molecule has 0 fully saturated rings. The number of amides is 2. The molecule has 0 radical (unpaired) electrons. The van der Waals surface area contributed by atoms with Gasteiger partial charge in [0, 0.05) is 26.1 Å². The fourth-order valence-corrected chi connectivity index (χ4v) is 2.38. The maximum atomic E-state index is 11.8. The molecule has 106 valence electrons. The topological polar surface area (TPSA) is 69.6 Å². The van der Waals surface area contributed by atoms with Gasteiger partial charge in [-0.05, 0) is 42.2 Å². The van der Waals surface area contributed by atoms with Crippen LogP contribution < -0.4 is 5.32 Å². The first-order chi connectivity index (χ1) is 8.99. The molecule has 2 N–H and O–H groups in total.